The van der Waals surface area contributed by atoms with Crippen LogP contribution >= 0.6 is 0 Å². The van der Waals surface area contributed by atoms with Crippen LogP contribution in [0.15, 0.2) is 42.5 Å². The summed E-state index contributed by atoms with van der Waals surface area (Å²) in [7, 11) is 0. The number of hydrogen-bond acceptors (Lipinski definition) is 2. The van der Waals surface area contributed by atoms with Gasteiger partial charge in [-0.25, -0.2) is 0 Å². The molecule has 2 rings (SSSR count). The van der Waals surface area contributed by atoms with Crippen LogP contribution in [0.4, 0.5) is 0 Å². The Morgan fingerprint density at radius 1 is 1.13 bits per heavy atom. The van der Waals surface area contributed by atoms with Crippen LogP contribution in [0.25, 0.3) is 10.8 Å². The Balaban J connectivity index is 2.56. The molecule has 0 spiro atoms. The van der Waals surface area contributed by atoms with E-state index in [0.29, 0.717) is 0 Å². The van der Waals surface area contributed by atoms with Crippen molar-refractivity contribution in [2.24, 2.45) is 5.73 Å². The van der Waals surface area contributed by atoms with Crippen molar-refractivity contribution in [1.29, 1.82) is 0 Å². The molecule has 0 amide bonds. The Morgan fingerprint density at radius 3 is 2.47 bits per heavy atom. The highest BCUT2D eigenvalue weighted by Gasteiger charge is 2.20. The van der Waals surface area contributed by atoms with Gasteiger partial charge in [0.05, 0.1) is 5.60 Å². The second-order valence-electron chi connectivity index (χ2n) is 4.04. The Labute approximate surface area is 89.3 Å². The van der Waals surface area contributed by atoms with Crippen LogP contribution in [-0.2, 0) is 5.60 Å². The fourth-order valence-electron chi connectivity index (χ4n) is 1.64. The van der Waals surface area contributed by atoms with Crippen molar-refractivity contribution in [3.63, 3.8) is 0 Å². The van der Waals surface area contributed by atoms with E-state index in [-0.39, 0.29) is 6.54 Å². The summed E-state index contributed by atoms with van der Waals surface area (Å²) in [5.74, 6) is 0. The molecule has 0 saturated carbocycles. The molecule has 2 heteroatoms. The summed E-state index contributed by atoms with van der Waals surface area (Å²) in [6, 6.07) is 14.0. The van der Waals surface area contributed by atoms with Crippen molar-refractivity contribution in [1.82, 2.24) is 0 Å². The average molecular weight is 201 g/mol. The first-order chi connectivity index (χ1) is 7.13. The molecule has 0 saturated heterocycles. The van der Waals surface area contributed by atoms with Gasteiger partial charge in [-0.3, -0.25) is 0 Å². The molecule has 2 nitrogen and oxygen atoms in total. The van der Waals surface area contributed by atoms with Crippen molar-refractivity contribution < 1.29 is 5.11 Å². The second kappa shape index (κ2) is 3.65. The lowest BCUT2D eigenvalue weighted by atomic mass is 9.94. The van der Waals surface area contributed by atoms with E-state index in [4.69, 9.17) is 5.73 Å². The maximum absolute atomic E-state index is 10.0. The van der Waals surface area contributed by atoms with Gasteiger partial charge in [-0.05, 0) is 29.3 Å². The van der Waals surface area contributed by atoms with E-state index in [0.717, 1.165) is 10.9 Å². The van der Waals surface area contributed by atoms with Gasteiger partial charge >= 0.3 is 0 Å². The molecule has 3 N–H and O–H groups in total. The van der Waals surface area contributed by atoms with E-state index < -0.39 is 5.60 Å². The topological polar surface area (TPSA) is 46.2 Å². The fraction of sp³-hybridized carbons (Fsp3) is 0.231. The van der Waals surface area contributed by atoms with Gasteiger partial charge < -0.3 is 10.8 Å². The maximum Gasteiger partial charge on any atom is 0.0990 e. The Bertz CT molecular complexity index is 477. The van der Waals surface area contributed by atoms with Crippen LogP contribution in [0.2, 0.25) is 0 Å². The van der Waals surface area contributed by atoms with Crippen LogP contribution in [0.1, 0.15) is 12.5 Å². The molecular weight excluding hydrogens is 186 g/mol. The summed E-state index contributed by atoms with van der Waals surface area (Å²) >= 11 is 0. The number of rotatable bonds is 2. The first-order valence-corrected chi connectivity index (χ1v) is 5.05. The highest BCUT2D eigenvalue weighted by Crippen LogP contribution is 2.23. The number of aliphatic hydroxyl groups is 1. The van der Waals surface area contributed by atoms with Crippen molar-refractivity contribution in [3.8, 4) is 0 Å². The molecule has 1 atom stereocenters. The Hall–Kier alpha value is -1.38. The van der Waals surface area contributed by atoms with E-state index in [1.54, 1.807) is 6.92 Å². The predicted molar refractivity (Wildman–Crippen MR) is 62.6 cm³/mol. The minimum Gasteiger partial charge on any atom is -0.384 e. The highest BCUT2D eigenvalue weighted by atomic mass is 16.3. The molecule has 0 aliphatic carbocycles. The fourth-order valence-corrected chi connectivity index (χ4v) is 1.64. The number of hydrogen-bond donors (Lipinski definition) is 2. The molecule has 2 aromatic rings. The van der Waals surface area contributed by atoms with Gasteiger partial charge in [0.2, 0.25) is 0 Å². The second-order valence-corrected chi connectivity index (χ2v) is 4.04. The number of nitrogens with two attached hydrogens (primary N) is 1. The number of benzene rings is 2. The lowest BCUT2D eigenvalue weighted by molar-refractivity contribution is 0.0670. The standard InChI is InChI=1S/C13H15NO/c1-13(15,9-14)12-7-6-10-4-2-3-5-11(10)8-12/h2-8,15H,9,14H2,1H3/t13-/m0/s1. The minimum atomic E-state index is -0.940. The lowest BCUT2D eigenvalue weighted by Crippen LogP contribution is -2.31. The molecule has 0 fully saturated rings. The molecule has 0 unspecified atom stereocenters. The van der Waals surface area contributed by atoms with E-state index in [2.05, 4.69) is 6.07 Å². The summed E-state index contributed by atoms with van der Waals surface area (Å²) < 4.78 is 0. The normalized spacial score (nSPS) is 15.1. The maximum atomic E-state index is 10.0. The van der Waals surface area contributed by atoms with Crippen molar-refractivity contribution in [3.05, 3.63) is 48.0 Å². The molecule has 0 aliphatic rings. The highest BCUT2D eigenvalue weighted by molar-refractivity contribution is 5.83. The van der Waals surface area contributed by atoms with Gasteiger partial charge in [0.1, 0.15) is 0 Å². The van der Waals surface area contributed by atoms with Crippen LogP contribution in [0, 0.1) is 0 Å². The average Bonchev–Trinajstić information content (AvgIpc) is 2.28. The molecule has 0 aliphatic heterocycles. The van der Waals surface area contributed by atoms with Gasteiger partial charge in [-0.2, -0.15) is 0 Å². The van der Waals surface area contributed by atoms with Crippen molar-refractivity contribution in [2.45, 2.75) is 12.5 Å². The van der Waals surface area contributed by atoms with Gasteiger partial charge in [0.25, 0.3) is 0 Å². The quantitative estimate of drug-likeness (QED) is 0.780. The van der Waals surface area contributed by atoms with E-state index in [1.807, 2.05) is 36.4 Å². The summed E-state index contributed by atoms with van der Waals surface area (Å²) in [5, 5.41) is 12.3. The predicted octanol–water partition coefficient (Wildman–Crippen LogP) is 2.01. The Kier molecular flexibility index (Phi) is 2.47. The molecule has 0 aromatic heterocycles. The third-order valence-corrected chi connectivity index (χ3v) is 2.77. The summed E-state index contributed by atoms with van der Waals surface area (Å²) in [4.78, 5) is 0. The monoisotopic (exact) mass is 201 g/mol. The molecule has 0 heterocycles. The SMILES string of the molecule is C[C@](O)(CN)c1ccc2ccccc2c1. The molecular formula is C13H15NO. The first kappa shape index (κ1) is 10.1. The molecule has 0 radical (unpaired) electrons. The largest absolute Gasteiger partial charge is 0.384 e. The van der Waals surface area contributed by atoms with E-state index >= 15 is 0 Å². The van der Waals surface area contributed by atoms with Gasteiger partial charge in [0, 0.05) is 6.54 Å². The molecule has 78 valence electrons. The zero-order valence-electron chi connectivity index (χ0n) is 8.77. The summed E-state index contributed by atoms with van der Waals surface area (Å²) in [5.41, 5.74) is 5.46. The van der Waals surface area contributed by atoms with Gasteiger partial charge in [0.15, 0.2) is 0 Å². The summed E-state index contributed by atoms with van der Waals surface area (Å²) in [6.07, 6.45) is 0. The smallest absolute Gasteiger partial charge is 0.0990 e. The van der Waals surface area contributed by atoms with Crippen molar-refractivity contribution >= 4 is 10.8 Å². The zero-order chi connectivity index (χ0) is 10.9. The Morgan fingerprint density at radius 2 is 1.80 bits per heavy atom. The zero-order valence-corrected chi connectivity index (χ0v) is 8.77. The lowest BCUT2D eigenvalue weighted by Gasteiger charge is -2.21. The van der Waals surface area contributed by atoms with Crippen LogP contribution in [-0.4, -0.2) is 11.7 Å². The molecule has 2 aromatic carbocycles. The number of fused-ring (bicyclic) bond motifs is 1. The van der Waals surface area contributed by atoms with E-state index in [9.17, 15) is 5.11 Å². The van der Waals surface area contributed by atoms with Crippen LogP contribution in [0.3, 0.4) is 0 Å². The third kappa shape index (κ3) is 1.87. The van der Waals surface area contributed by atoms with Crippen molar-refractivity contribution in [2.75, 3.05) is 6.54 Å². The third-order valence-electron chi connectivity index (χ3n) is 2.77. The molecule has 0 bridgehead atoms. The first-order valence-electron chi connectivity index (χ1n) is 5.05. The minimum absolute atomic E-state index is 0.228. The van der Waals surface area contributed by atoms with Crippen LogP contribution in [0.5, 0.6) is 0 Å². The summed E-state index contributed by atoms with van der Waals surface area (Å²) in [6.45, 7) is 1.96. The van der Waals surface area contributed by atoms with Gasteiger partial charge in [-0.15, -0.1) is 0 Å². The van der Waals surface area contributed by atoms with Crippen LogP contribution < -0.4 is 5.73 Å². The van der Waals surface area contributed by atoms with Gasteiger partial charge in [-0.1, -0.05) is 36.4 Å². The van der Waals surface area contributed by atoms with E-state index in [1.165, 1.54) is 5.39 Å². The molecule has 15 heavy (non-hydrogen) atoms.